The lowest BCUT2D eigenvalue weighted by Crippen LogP contribution is -2.14. The number of nitrogens with zero attached hydrogens (tertiary/aromatic N) is 2. The molecule has 5 heteroatoms. The minimum Gasteiger partial charge on any atom is -0.474 e. The van der Waals surface area contributed by atoms with Gasteiger partial charge in [-0.05, 0) is 44.3 Å². The smallest absolute Gasteiger partial charge is 0.338 e. The van der Waals surface area contributed by atoms with Gasteiger partial charge in [-0.2, -0.15) is 0 Å². The number of benzene rings is 1. The summed E-state index contributed by atoms with van der Waals surface area (Å²) in [5.41, 5.74) is 2.70. The van der Waals surface area contributed by atoms with Crippen molar-refractivity contribution in [2.75, 3.05) is 27.3 Å². The monoisotopic (exact) mass is 314 g/mol. The highest BCUT2D eigenvalue weighted by Crippen LogP contribution is 2.09. The average molecular weight is 314 g/mol. The highest BCUT2D eigenvalue weighted by Gasteiger charge is 2.08. The van der Waals surface area contributed by atoms with Crippen LogP contribution < -0.4 is 4.74 Å². The number of ether oxygens (including phenoxy) is 2. The number of hydrogen-bond donors (Lipinski definition) is 0. The summed E-state index contributed by atoms with van der Waals surface area (Å²) in [7, 11) is 3.98. The van der Waals surface area contributed by atoms with Crippen LogP contribution in [0.25, 0.3) is 0 Å². The molecule has 0 N–H and O–H groups in total. The molecule has 0 atom stereocenters. The van der Waals surface area contributed by atoms with Crippen molar-refractivity contribution in [2.24, 2.45) is 0 Å². The highest BCUT2D eigenvalue weighted by atomic mass is 16.6. The quantitative estimate of drug-likeness (QED) is 0.581. The van der Waals surface area contributed by atoms with Gasteiger partial charge in [-0.25, -0.2) is 9.78 Å². The summed E-state index contributed by atoms with van der Waals surface area (Å²) in [6.07, 6.45) is 1.73. The molecule has 0 radical (unpaired) electrons. The van der Waals surface area contributed by atoms with Crippen molar-refractivity contribution in [3.05, 3.63) is 59.3 Å². The van der Waals surface area contributed by atoms with E-state index in [1.54, 1.807) is 18.3 Å². The van der Waals surface area contributed by atoms with Gasteiger partial charge in [0.05, 0.1) is 5.56 Å². The van der Waals surface area contributed by atoms with E-state index in [2.05, 4.69) is 4.98 Å². The summed E-state index contributed by atoms with van der Waals surface area (Å²) in [5, 5.41) is 0. The molecule has 0 aliphatic heterocycles. The summed E-state index contributed by atoms with van der Waals surface area (Å²) in [6, 6.07) is 11.2. The van der Waals surface area contributed by atoms with Gasteiger partial charge in [0.1, 0.15) is 13.2 Å². The van der Waals surface area contributed by atoms with Crippen LogP contribution >= 0.6 is 0 Å². The summed E-state index contributed by atoms with van der Waals surface area (Å²) in [6.45, 7) is 3.21. The van der Waals surface area contributed by atoms with Crippen LogP contribution in [0.5, 0.6) is 5.88 Å². The van der Waals surface area contributed by atoms with Crippen LogP contribution in [0.4, 0.5) is 0 Å². The molecule has 0 saturated heterocycles. The fourth-order valence-corrected chi connectivity index (χ4v) is 2.07. The number of aromatic nitrogens is 1. The fourth-order valence-electron chi connectivity index (χ4n) is 2.07. The number of rotatable bonds is 7. The zero-order chi connectivity index (χ0) is 16.7. The molecule has 0 amide bonds. The van der Waals surface area contributed by atoms with Gasteiger partial charge >= 0.3 is 5.97 Å². The Kier molecular flexibility index (Phi) is 6.11. The van der Waals surface area contributed by atoms with Crippen LogP contribution in [-0.4, -0.2) is 43.2 Å². The lowest BCUT2D eigenvalue weighted by atomic mass is 10.1. The number of aryl methyl sites for hydroxylation is 1. The molecule has 1 heterocycles. The molecule has 0 unspecified atom stereocenters. The SMILES string of the molecule is Cc1ccc(OCCOC(=O)c2cccc(CN(C)C)c2)nc1. The van der Waals surface area contributed by atoms with E-state index < -0.39 is 0 Å². The van der Waals surface area contributed by atoms with Gasteiger partial charge in [-0.15, -0.1) is 0 Å². The van der Waals surface area contributed by atoms with Gasteiger partial charge in [0.2, 0.25) is 5.88 Å². The first kappa shape index (κ1) is 17.0. The van der Waals surface area contributed by atoms with Crippen molar-refractivity contribution < 1.29 is 14.3 Å². The van der Waals surface area contributed by atoms with E-state index in [-0.39, 0.29) is 19.2 Å². The van der Waals surface area contributed by atoms with Gasteiger partial charge in [-0.3, -0.25) is 0 Å². The van der Waals surface area contributed by atoms with Crippen LogP contribution in [0.2, 0.25) is 0 Å². The molecule has 122 valence electrons. The second kappa shape index (κ2) is 8.29. The molecule has 2 aromatic rings. The zero-order valence-electron chi connectivity index (χ0n) is 13.8. The minimum atomic E-state index is -0.342. The Morgan fingerprint density at radius 3 is 2.70 bits per heavy atom. The number of carbonyl (C=O) groups is 1. The second-order valence-electron chi connectivity index (χ2n) is 5.60. The average Bonchev–Trinajstić information content (AvgIpc) is 2.52. The molecule has 1 aromatic carbocycles. The topological polar surface area (TPSA) is 51.7 Å². The highest BCUT2D eigenvalue weighted by molar-refractivity contribution is 5.89. The molecule has 0 bridgehead atoms. The van der Waals surface area contributed by atoms with Crippen molar-refractivity contribution in [1.29, 1.82) is 0 Å². The molecule has 0 aliphatic carbocycles. The summed E-state index contributed by atoms with van der Waals surface area (Å²) < 4.78 is 10.7. The largest absolute Gasteiger partial charge is 0.474 e. The van der Waals surface area contributed by atoms with Crippen LogP contribution in [-0.2, 0) is 11.3 Å². The van der Waals surface area contributed by atoms with Crippen molar-refractivity contribution >= 4 is 5.97 Å². The maximum Gasteiger partial charge on any atom is 0.338 e. The predicted molar refractivity (Wildman–Crippen MR) is 88.6 cm³/mol. The Morgan fingerprint density at radius 2 is 2.00 bits per heavy atom. The summed E-state index contributed by atoms with van der Waals surface area (Å²) in [4.78, 5) is 18.2. The van der Waals surface area contributed by atoms with Crippen LogP contribution in [0.1, 0.15) is 21.5 Å². The fraction of sp³-hybridized carbons (Fsp3) is 0.333. The third-order valence-corrected chi connectivity index (χ3v) is 3.11. The lowest BCUT2D eigenvalue weighted by Gasteiger charge is -2.11. The Bertz CT molecular complexity index is 639. The lowest BCUT2D eigenvalue weighted by molar-refractivity contribution is 0.0447. The van der Waals surface area contributed by atoms with Gasteiger partial charge in [-0.1, -0.05) is 18.2 Å². The molecular weight excluding hydrogens is 292 g/mol. The van der Waals surface area contributed by atoms with E-state index in [1.165, 1.54) is 0 Å². The Balaban J connectivity index is 1.79. The first-order valence-corrected chi connectivity index (χ1v) is 7.51. The number of esters is 1. The third kappa shape index (κ3) is 5.71. The van der Waals surface area contributed by atoms with E-state index in [0.717, 1.165) is 17.7 Å². The van der Waals surface area contributed by atoms with E-state index in [9.17, 15) is 4.79 Å². The van der Waals surface area contributed by atoms with Crippen LogP contribution in [0.3, 0.4) is 0 Å². The van der Waals surface area contributed by atoms with Crippen LogP contribution in [0.15, 0.2) is 42.6 Å². The van der Waals surface area contributed by atoms with E-state index >= 15 is 0 Å². The maximum atomic E-state index is 12.0. The zero-order valence-corrected chi connectivity index (χ0v) is 13.8. The van der Waals surface area contributed by atoms with Crippen molar-refractivity contribution in [1.82, 2.24) is 9.88 Å². The van der Waals surface area contributed by atoms with Crippen molar-refractivity contribution in [3.63, 3.8) is 0 Å². The molecule has 5 nitrogen and oxygen atoms in total. The van der Waals surface area contributed by atoms with Crippen LogP contribution in [0, 0.1) is 6.92 Å². The normalized spacial score (nSPS) is 10.6. The molecule has 2 rings (SSSR count). The van der Waals surface area contributed by atoms with Gasteiger partial charge in [0.15, 0.2) is 0 Å². The van der Waals surface area contributed by atoms with Gasteiger partial charge < -0.3 is 14.4 Å². The number of hydrogen-bond acceptors (Lipinski definition) is 5. The van der Waals surface area contributed by atoms with E-state index in [1.807, 2.05) is 50.2 Å². The van der Waals surface area contributed by atoms with E-state index in [0.29, 0.717) is 11.4 Å². The van der Waals surface area contributed by atoms with Gasteiger partial charge in [0.25, 0.3) is 0 Å². The van der Waals surface area contributed by atoms with Gasteiger partial charge in [0, 0.05) is 18.8 Å². The van der Waals surface area contributed by atoms with Crippen molar-refractivity contribution in [2.45, 2.75) is 13.5 Å². The Morgan fingerprint density at radius 1 is 1.17 bits per heavy atom. The molecule has 23 heavy (non-hydrogen) atoms. The standard InChI is InChI=1S/C18H22N2O3/c1-14-7-8-17(19-12-14)22-9-10-23-18(21)16-6-4-5-15(11-16)13-20(2)3/h4-8,11-12H,9-10,13H2,1-3H3. The molecule has 0 spiro atoms. The third-order valence-electron chi connectivity index (χ3n) is 3.11. The van der Waals surface area contributed by atoms with E-state index in [4.69, 9.17) is 9.47 Å². The molecule has 0 fully saturated rings. The Labute approximate surface area is 136 Å². The first-order chi connectivity index (χ1) is 11.0. The molecule has 0 saturated carbocycles. The molecule has 1 aromatic heterocycles. The first-order valence-electron chi connectivity index (χ1n) is 7.51. The number of carbonyl (C=O) groups excluding carboxylic acids is 1. The second-order valence-corrected chi connectivity index (χ2v) is 5.60. The molecule has 0 aliphatic rings. The summed E-state index contributed by atoms with van der Waals surface area (Å²) >= 11 is 0. The number of pyridine rings is 1. The maximum absolute atomic E-state index is 12.0. The minimum absolute atomic E-state index is 0.187. The van der Waals surface area contributed by atoms with Crippen molar-refractivity contribution in [3.8, 4) is 5.88 Å². The summed E-state index contributed by atoms with van der Waals surface area (Å²) in [5.74, 6) is 0.186. The predicted octanol–water partition coefficient (Wildman–Crippen LogP) is 2.69. The Hall–Kier alpha value is -2.40. The molecular formula is C18H22N2O3.